The number of carbonyl (C=O) groups is 1. The molecule has 17 heavy (non-hydrogen) atoms. The van der Waals surface area contributed by atoms with E-state index in [2.05, 4.69) is 11.4 Å². The molecule has 0 radical (unpaired) electrons. The van der Waals surface area contributed by atoms with Crippen LogP contribution in [0.3, 0.4) is 0 Å². The molecule has 0 saturated heterocycles. The van der Waals surface area contributed by atoms with Gasteiger partial charge in [0, 0.05) is 11.9 Å². The van der Waals surface area contributed by atoms with E-state index in [4.69, 9.17) is 10.4 Å². The van der Waals surface area contributed by atoms with Crippen molar-refractivity contribution in [2.45, 2.75) is 43.9 Å². The van der Waals surface area contributed by atoms with E-state index in [9.17, 15) is 4.79 Å². The van der Waals surface area contributed by atoms with Gasteiger partial charge in [0.2, 0.25) is 5.91 Å². The monoisotopic (exact) mass is 256 g/mol. The van der Waals surface area contributed by atoms with E-state index in [1.165, 1.54) is 11.8 Å². The Labute approximate surface area is 107 Å². The highest BCUT2D eigenvalue weighted by atomic mass is 32.2. The molecule has 2 atom stereocenters. The molecule has 1 saturated carbocycles. The van der Waals surface area contributed by atoms with Crippen LogP contribution in [0.4, 0.5) is 0 Å². The van der Waals surface area contributed by atoms with E-state index >= 15 is 0 Å². The van der Waals surface area contributed by atoms with Crippen LogP contribution in [0.1, 0.15) is 33.1 Å². The normalized spacial score (nSPS) is 20.1. The standard InChI is InChI=1S/C12H20N2O2S/c1-9(5-6-15)17-7-11(16)14-12(2,8-13)10-3-4-10/h9-10,15H,3-7H2,1-2H3,(H,14,16). The van der Waals surface area contributed by atoms with Crippen LogP contribution in [0.15, 0.2) is 0 Å². The van der Waals surface area contributed by atoms with Gasteiger partial charge in [-0.15, -0.1) is 11.8 Å². The summed E-state index contributed by atoms with van der Waals surface area (Å²) >= 11 is 1.51. The Morgan fingerprint density at radius 3 is 2.82 bits per heavy atom. The molecule has 1 rings (SSSR count). The number of carbonyl (C=O) groups excluding carboxylic acids is 1. The highest BCUT2D eigenvalue weighted by Gasteiger charge is 2.42. The van der Waals surface area contributed by atoms with Crippen molar-refractivity contribution >= 4 is 17.7 Å². The Hall–Kier alpha value is -0.730. The molecular formula is C12H20N2O2S. The molecule has 0 bridgehead atoms. The second kappa shape index (κ2) is 6.27. The number of nitrogens with one attached hydrogen (secondary N) is 1. The molecule has 96 valence electrons. The highest BCUT2D eigenvalue weighted by molar-refractivity contribution is 8.00. The van der Waals surface area contributed by atoms with E-state index in [1.807, 2.05) is 6.92 Å². The van der Waals surface area contributed by atoms with Crippen molar-refractivity contribution in [2.24, 2.45) is 5.92 Å². The average molecular weight is 256 g/mol. The van der Waals surface area contributed by atoms with Gasteiger partial charge in [0.1, 0.15) is 5.54 Å². The Bertz CT molecular complexity index is 312. The summed E-state index contributed by atoms with van der Waals surface area (Å²) in [5.74, 6) is 0.581. The minimum Gasteiger partial charge on any atom is -0.396 e. The quantitative estimate of drug-likeness (QED) is 0.720. The van der Waals surface area contributed by atoms with Gasteiger partial charge in [0.15, 0.2) is 0 Å². The van der Waals surface area contributed by atoms with Crippen LogP contribution in [-0.2, 0) is 4.79 Å². The van der Waals surface area contributed by atoms with Crippen LogP contribution >= 0.6 is 11.8 Å². The molecule has 5 heteroatoms. The van der Waals surface area contributed by atoms with E-state index < -0.39 is 5.54 Å². The van der Waals surface area contributed by atoms with Crippen molar-refractivity contribution in [1.82, 2.24) is 5.32 Å². The molecule has 0 aromatic carbocycles. The smallest absolute Gasteiger partial charge is 0.231 e. The molecule has 1 aliphatic rings. The fourth-order valence-corrected chi connectivity index (χ4v) is 2.47. The fourth-order valence-electron chi connectivity index (χ4n) is 1.69. The van der Waals surface area contributed by atoms with Gasteiger partial charge in [0.05, 0.1) is 11.8 Å². The molecular weight excluding hydrogens is 236 g/mol. The third-order valence-corrected chi connectivity index (χ3v) is 4.29. The van der Waals surface area contributed by atoms with Gasteiger partial charge in [-0.05, 0) is 32.1 Å². The van der Waals surface area contributed by atoms with Crippen LogP contribution in [-0.4, -0.2) is 34.2 Å². The molecule has 0 aromatic heterocycles. The van der Waals surface area contributed by atoms with E-state index in [0.29, 0.717) is 18.1 Å². The molecule has 2 unspecified atom stereocenters. The highest BCUT2D eigenvalue weighted by Crippen LogP contribution is 2.39. The molecule has 0 aromatic rings. The zero-order valence-corrected chi connectivity index (χ0v) is 11.2. The maximum Gasteiger partial charge on any atom is 0.231 e. The number of aliphatic hydroxyl groups is 1. The van der Waals surface area contributed by atoms with Crippen LogP contribution < -0.4 is 5.32 Å². The summed E-state index contributed by atoms with van der Waals surface area (Å²) in [7, 11) is 0. The summed E-state index contributed by atoms with van der Waals surface area (Å²) in [6.45, 7) is 3.93. The Morgan fingerprint density at radius 1 is 1.71 bits per heavy atom. The minimum atomic E-state index is -0.697. The van der Waals surface area contributed by atoms with Crippen molar-refractivity contribution in [3.8, 4) is 6.07 Å². The first-order valence-corrected chi connectivity index (χ1v) is 7.01. The summed E-state index contributed by atoms with van der Waals surface area (Å²) < 4.78 is 0. The molecule has 0 aliphatic heterocycles. The zero-order chi connectivity index (χ0) is 12.9. The Kier molecular flexibility index (Phi) is 5.29. The van der Waals surface area contributed by atoms with Crippen LogP contribution in [0, 0.1) is 17.2 Å². The lowest BCUT2D eigenvalue weighted by Gasteiger charge is -2.23. The zero-order valence-electron chi connectivity index (χ0n) is 10.4. The maximum absolute atomic E-state index is 11.7. The number of thioether (sulfide) groups is 1. The molecule has 1 aliphatic carbocycles. The molecule has 4 nitrogen and oxygen atoms in total. The first-order valence-electron chi connectivity index (χ1n) is 5.96. The lowest BCUT2D eigenvalue weighted by Crippen LogP contribution is -2.47. The van der Waals surface area contributed by atoms with E-state index in [-0.39, 0.29) is 17.8 Å². The fraction of sp³-hybridized carbons (Fsp3) is 0.833. The lowest BCUT2D eigenvalue weighted by molar-refractivity contribution is -0.119. The second-order valence-corrected chi connectivity index (χ2v) is 6.20. The van der Waals surface area contributed by atoms with Crippen molar-refractivity contribution < 1.29 is 9.90 Å². The van der Waals surface area contributed by atoms with Gasteiger partial charge in [-0.25, -0.2) is 0 Å². The molecule has 2 N–H and O–H groups in total. The van der Waals surface area contributed by atoms with Gasteiger partial charge < -0.3 is 10.4 Å². The van der Waals surface area contributed by atoms with Crippen molar-refractivity contribution in [2.75, 3.05) is 12.4 Å². The first kappa shape index (κ1) is 14.3. The maximum atomic E-state index is 11.7. The molecule has 0 spiro atoms. The molecule has 1 amide bonds. The summed E-state index contributed by atoms with van der Waals surface area (Å²) in [5.41, 5.74) is -0.697. The minimum absolute atomic E-state index is 0.0873. The number of hydrogen-bond acceptors (Lipinski definition) is 4. The summed E-state index contributed by atoms with van der Waals surface area (Å²) in [6, 6.07) is 2.20. The third kappa shape index (κ3) is 4.57. The van der Waals surface area contributed by atoms with Crippen molar-refractivity contribution in [1.29, 1.82) is 5.26 Å². The topological polar surface area (TPSA) is 73.1 Å². The number of aliphatic hydroxyl groups excluding tert-OH is 1. The van der Waals surface area contributed by atoms with Crippen LogP contribution in [0.5, 0.6) is 0 Å². The van der Waals surface area contributed by atoms with Crippen molar-refractivity contribution in [3.63, 3.8) is 0 Å². The average Bonchev–Trinajstić information content (AvgIpc) is 3.10. The Morgan fingerprint density at radius 2 is 2.35 bits per heavy atom. The van der Waals surface area contributed by atoms with E-state index in [0.717, 1.165) is 12.8 Å². The molecule has 1 fully saturated rings. The third-order valence-electron chi connectivity index (χ3n) is 3.06. The van der Waals surface area contributed by atoms with Gasteiger partial charge >= 0.3 is 0 Å². The summed E-state index contributed by atoms with van der Waals surface area (Å²) in [6.07, 6.45) is 2.74. The number of nitrogens with zero attached hydrogens (tertiary/aromatic N) is 1. The number of hydrogen-bond donors (Lipinski definition) is 2. The van der Waals surface area contributed by atoms with E-state index in [1.54, 1.807) is 6.92 Å². The predicted octanol–water partition coefficient (Wildman–Crippen LogP) is 1.30. The largest absolute Gasteiger partial charge is 0.396 e. The SMILES string of the molecule is CC(CCO)SCC(=O)NC(C)(C#N)C1CC1. The lowest BCUT2D eigenvalue weighted by atomic mass is 9.98. The summed E-state index contributed by atoms with van der Waals surface area (Å²) in [5, 5.41) is 20.9. The number of rotatable bonds is 7. The van der Waals surface area contributed by atoms with Gasteiger partial charge in [0.25, 0.3) is 0 Å². The van der Waals surface area contributed by atoms with Gasteiger partial charge in [-0.3, -0.25) is 4.79 Å². The number of amides is 1. The van der Waals surface area contributed by atoms with Gasteiger partial charge in [-0.2, -0.15) is 5.26 Å². The summed E-state index contributed by atoms with van der Waals surface area (Å²) in [4.78, 5) is 11.7. The number of nitriles is 1. The van der Waals surface area contributed by atoms with Gasteiger partial charge in [-0.1, -0.05) is 6.92 Å². The Balaban J connectivity index is 2.31. The predicted molar refractivity (Wildman–Crippen MR) is 68.5 cm³/mol. The molecule has 0 heterocycles. The second-order valence-electron chi connectivity index (χ2n) is 4.77. The van der Waals surface area contributed by atoms with Crippen LogP contribution in [0.25, 0.3) is 0 Å². The van der Waals surface area contributed by atoms with Crippen molar-refractivity contribution in [3.05, 3.63) is 0 Å². The van der Waals surface area contributed by atoms with Crippen LogP contribution in [0.2, 0.25) is 0 Å². The first-order chi connectivity index (χ1) is 8.01.